The van der Waals surface area contributed by atoms with Gasteiger partial charge >= 0.3 is 0 Å². The summed E-state index contributed by atoms with van der Waals surface area (Å²) >= 11 is 2.05. The molecule has 1 heterocycles. The maximum absolute atomic E-state index is 3.57. The van der Waals surface area contributed by atoms with E-state index in [2.05, 4.69) is 36.5 Å². The van der Waals surface area contributed by atoms with Crippen LogP contribution in [-0.4, -0.2) is 17.5 Å². The average Bonchev–Trinajstić information content (AvgIpc) is 2.72. The van der Waals surface area contributed by atoms with E-state index >= 15 is 0 Å². The number of thioether (sulfide) groups is 1. The molecule has 1 nitrogen and oxygen atoms in total. The monoisotopic (exact) mass is 207 g/mol. The lowest BCUT2D eigenvalue weighted by Crippen LogP contribution is -2.17. The van der Waals surface area contributed by atoms with Gasteiger partial charge in [0.05, 0.1) is 0 Å². The van der Waals surface area contributed by atoms with Crippen LogP contribution in [0.2, 0.25) is 0 Å². The normalized spacial score (nSPS) is 21.1. The molecular formula is C12H17NS. The molecule has 0 amide bonds. The fourth-order valence-corrected chi connectivity index (χ4v) is 2.87. The van der Waals surface area contributed by atoms with E-state index in [4.69, 9.17) is 0 Å². The second-order valence-corrected chi connectivity index (χ2v) is 4.91. The summed E-state index contributed by atoms with van der Waals surface area (Å²) in [6.45, 7) is 2.19. The van der Waals surface area contributed by atoms with Crippen LogP contribution >= 0.6 is 11.8 Å². The molecule has 76 valence electrons. The Morgan fingerprint density at radius 1 is 1.36 bits per heavy atom. The molecule has 2 heteroatoms. The average molecular weight is 207 g/mol. The molecule has 0 aliphatic carbocycles. The SMILES string of the molecule is CCc1ccc(N[C@H]2CCSC2)cc1. The van der Waals surface area contributed by atoms with Crippen molar-refractivity contribution in [3.05, 3.63) is 29.8 Å². The maximum atomic E-state index is 3.57. The van der Waals surface area contributed by atoms with Crippen LogP contribution in [0.1, 0.15) is 18.9 Å². The van der Waals surface area contributed by atoms with Crippen LogP contribution in [0.15, 0.2) is 24.3 Å². The van der Waals surface area contributed by atoms with Crippen LogP contribution < -0.4 is 5.32 Å². The van der Waals surface area contributed by atoms with Crippen LogP contribution in [0.3, 0.4) is 0 Å². The lowest BCUT2D eigenvalue weighted by Gasteiger charge is -2.12. The van der Waals surface area contributed by atoms with Crippen LogP contribution in [0, 0.1) is 0 Å². The van der Waals surface area contributed by atoms with Gasteiger partial charge in [-0.2, -0.15) is 11.8 Å². The molecule has 1 atom stereocenters. The van der Waals surface area contributed by atoms with Crippen LogP contribution in [0.5, 0.6) is 0 Å². The van der Waals surface area contributed by atoms with Gasteiger partial charge in [0.1, 0.15) is 0 Å². The zero-order valence-corrected chi connectivity index (χ0v) is 9.44. The van der Waals surface area contributed by atoms with Gasteiger partial charge < -0.3 is 5.32 Å². The summed E-state index contributed by atoms with van der Waals surface area (Å²) in [5.74, 6) is 2.57. The minimum atomic E-state index is 0.687. The van der Waals surface area contributed by atoms with Crippen molar-refractivity contribution in [2.75, 3.05) is 16.8 Å². The number of aryl methyl sites for hydroxylation is 1. The van der Waals surface area contributed by atoms with E-state index in [1.165, 1.54) is 29.2 Å². The maximum Gasteiger partial charge on any atom is 0.0359 e. The Bertz CT molecular complexity index is 275. The van der Waals surface area contributed by atoms with Crippen LogP contribution in [0.4, 0.5) is 5.69 Å². The fraction of sp³-hybridized carbons (Fsp3) is 0.500. The zero-order chi connectivity index (χ0) is 9.80. The molecule has 0 aromatic heterocycles. The lowest BCUT2D eigenvalue weighted by molar-refractivity contribution is 0.813. The lowest BCUT2D eigenvalue weighted by atomic mass is 10.1. The third kappa shape index (κ3) is 2.44. The number of nitrogens with one attached hydrogen (secondary N) is 1. The molecule has 0 unspecified atom stereocenters. The van der Waals surface area contributed by atoms with Crippen molar-refractivity contribution in [3.8, 4) is 0 Å². The smallest absolute Gasteiger partial charge is 0.0359 e. The Morgan fingerprint density at radius 3 is 2.71 bits per heavy atom. The highest BCUT2D eigenvalue weighted by Crippen LogP contribution is 2.21. The minimum absolute atomic E-state index is 0.687. The molecule has 1 aliphatic rings. The third-order valence-corrected chi connectivity index (χ3v) is 3.83. The first-order valence-corrected chi connectivity index (χ1v) is 6.47. The van der Waals surface area contributed by atoms with Gasteiger partial charge in [-0.3, -0.25) is 0 Å². The first-order chi connectivity index (χ1) is 6.88. The Balaban J connectivity index is 1.95. The predicted octanol–water partition coefficient (Wildman–Crippen LogP) is 3.17. The number of hydrogen-bond acceptors (Lipinski definition) is 2. The largest absolute Gasteiger partial charge is 0.381 e. The molecule has 1 saturated heterocycles. The fourth-order valence-electron chi connectivity index (χ4n) is 1.72. The van der Waals surface area contributed by atoms with E-state index in [0.717, 1.165) is 6.42 Å². The summed E-state index contributed by atoms with van der Waals surface area (Å²) < 4.78 is 0. The highest BCUT2D eigenvalue weighted by molar-refractivity contribution is 7.99. The van der Waals surface area contributed by atoms with E-state index in [9.17, 15) is 0 Å². The van der Waals surface area contributed by atoms with E-state index in [-0.39, 0.29) is 0 Å². The van der Waals surface area contributed by atoms with Crippen LogP contribution in [-0.2, 0) is 6.42 Å². The third-order valence-electron chi connectivity index (χ3n) is 2.66. The minimum Gasteiger partial charge on any atom is -0.381 e. The summed E-state index contributed by atoms with van der Waals surface area (Å²) in [7, 11) is 0. The second kappa shape index (κ2) is 4.74. The van der Waals surface area contributed by atoms with Gasteiger partial charge in [0.2, 0.25) is 0 Å². The van der Waals surface area contributed by atoms with Crippen molar-refractivity contribution >= 4 is 17.4 Å². The summed E-state index contributed by atoms with van der Waals surface area (Å²) in [5.41, 5.74) is 2.69. The van der Waals surface area contributed by atoms with Crippen molar-refractivity contribution in [3.63, 3.8) is 0 Å². The molecule has 1 aromatic carbocycles. The zero-order valence-electron chi connectivity index (χ0n) is 8.62. The van der Waals surface area contributed by atoms with Gasteiger partial charge in [-0.05, 0) is 36.3 Å². The quantitative estimate of drug-likeness (QED) is 0.817. The van der Waals surface area contributed by atoms with Crippen LogP contribution in [0.25, 0.3) is 0 Å². The Kier molecular flexibility index (Phi) is 3.35. The molecule has 1 aromatic rings. The Labute approximate surface area is 90.3 Å². The van der Waals surface area contributed by atoms with E-state index in [1.807, 2.05) is 11.8 Å². The Morgan fingerprint density at radius 2 is 2.14 bits per heavy atom. The summed E-state index contributed by atoms with van der Waals surface area (Å²) in [6.07, 6.45) is 2.43. The van der Waals surface area contributed by atoms with E-state index in [0.29, 0.717) is 6.04 Å². The van der Waals surface area contributed by atoms with Crippen molar-refractivity contribution < 1.29 is 0 Å². The van der Waals surface area contributed by atoms with Gasteiger partial charge in [0.25, 0.3) is 0 Å². The molecule has 0 spiro atoms. The summed E-state index contributed by atoms with van der Waals surface area (Å²) in [6, 6.07) is 9.51. The number of hydrogen-bond donors (Lipinski definition) is 1. The first-order valence-electron chi connectivity index (χ1n) is 5.31. The molecule has 0 saturated carbocycles. The molecule has 14 heavy (non-hydrogen) atoms. The van der Waals surface area contributed by atoms with Crippen molar-refractivity contribution in [2.45, 2.75) is 25.8 Å². The molecule has 0 radical (unpaired) electrons. The predicted molar refractivity (Wildman–Crippen MR) is 65.2 cm³/mol. The first kappa shape index (κ1) is 9.91. The number of anilines is 1. The highest BCUT2D eigenvalue weighted by Gasteiger charge is 2.14. The Hall–Kier alpha value is -0.630. The molecule has 2 rings (SSSR count). The van der Waals surface area contributed by atoms with Crippen molar-refractivity contribution in [2.24, 2.45) is 0 Å². The molecule has 1 fully saturated rings. The van der Waals surface area contributed by atoms with Crippen molar-refractivity contribution in [1.29, 1.82) is 0 Å². The van der Waals surface area contributed by atoms with Gasteiger partial charge in [0, 0.05) is 17.5 Å². The standard InChI is InChI=1S/C12H17NS/c1-2-10-3-5-11(6-4-10)13-12-7-8-14-9-12/h3-6,12-13H,2,7-9H2,1H3/t12-/m0/s1. The van der Waals surface area contributed by atoms with Gasteiger partial charge in [-0.15, -0.1) is 0 Å². The van der Waals surface area contributed by atoms with E-state index < -0.39 is 0 Å². The molecular weight excluding hydrogens is 190 g/mol. The summed E-state index contributed by atoms with van der Waals surface area (Å²) in [4.78, 5) is 0. The molecule has 0 bridgehead atoms. The topological polar surface area (TPSA) is 12.0 Å². The van der Waals surface area contributed by atoms with E-state index in [1.54, 1.807) is 0 Å². The highest BCUT2D eigenvalue weighted by atomic mass is 32.2. The number of benzene rings is 1. The molecule has 1 N–H and O–H groups in total. The van der Waals surface area contributed by atoms with Gasteiger partial charge in [-0.1, -0.05) is 19.1 Å². The van der Waals surface area contributed by atoms with Crippen molar-refractivity contribution in [1.82, 2.24) is 0 Å². The van der Waals surface area contributed by atoms with Gasteiger partial charge in [-0.25, -0.2) is 0 Å². The number of rotatable bonds is 3. The molecule has 1 aliphatic heterocycles. The van der Waals surface area contributed by atoms with Gasteiger partial charge in [0.15, 0.2) is 0 Å². The summed E-state index contributed by atoms with van der Waals surface area (Å²) in [5, 5.41) is 3.57. The second-order valence-electron chi connectivity index (χ2n) is 3.76.